The van der Waals surface area contributed by atoms with Crippen molar-refractivity contribution >= 4 is 12.4 Å². The van der Waals surface area contributed by atoms with E-state index in [-0.39, 0.29) is 18.4 Å². The summed E-state index contributed by atoms with van der Waals surface area (Å²) in [4.78, 5) is 0. The molecule has 2 unspecified atom stereocenters. The first kappa shape index (κ1) is 12.3. The van der Waals surface area contributed by atoms with Gasteiger partial charge in [0.15, 0.2) is 0 Å². The van der Waals surface area contributed by atoms with E-state index in [1.54, 1.807) is 7.11 Å². The smallest absolute Gasteiger partial charge is 0.119 e. The first-order chi connectivity index (χ1) is 6.79. The fraction of sp³-hybridized carbons (Fsp3) is 0.455. The van der Waals surface area contributed by atoms with Gasteiger partial charge < -0.3 is 10.1 Å². The molecule has 1 aromatic carbocycles. The molecule has 2 nitrogen and oxygen atoms in total. The molecule has 1 N–H and O–H groups in total. The zero-order valence-electron chi connectivity index (χ0n) is 8.57. The Labute approximate surface area is 95.2 Å². The Balaban J connectivity index is 0.00000112. The molecule has 4 heteroatoms. The van der Waals surface area contributed by atoms with Crippen LogP contribution in [0.15, 0.2) is 24.3 Å². The minimum atomic E-state index is -0.716. The van der Waals surface area contributed by atoms with E-state index in [0.717, 1.165) is 11.3 Å². The zero-order valence-corrected chi connectivity index (χ0v) is 9.39. The van der Waals surface area contributed by atoms with Gasteiger partial charge in [-0.15, -0.1) is 12.4 Å². The number of methoxy groups -OCH3 is 1. The second-order valence-corrected chi connectivity index (χ2v) is 3.57. The van der Waals surface area contributed by atoms with Crippen molar-refractivity contribution in [1.82, 2.24) is 5.32 Å². The van der Waals surface area contributed by atoms with Crippen molar-refractivity contribution < 1.29 is 9.13 Å². The Kier molecular flexibility index (Phi) is 4.36. The lowest BCUT2D eigenvalue weighted by Gasteiger charge is -2.11. The average molecular weight is 232 g/mol. The van der Waals surface area contributed by atoms with Crippen molar-refractivity contribution in [2.75, 3.05) is 13.7 Å². The standard InChI is InChI=1S/C11H14FNO.ClH/c1-14-10-4-2-3-8(5-10)11-6-9(12)7-13-11;/h2-5,9,11,13H,6-7H2,1H3;1H. The Morgan fingerprint density at radius 1 is 1.47 bits per heavy atom. The summed E-state index contributed by atoms with van der Waals surface area (Å²) in [5, 5.41) is 3.14. The molecule has 2 rings (SSSR count). The van der Waals surface area contributed by atoms with Crippen LogP contribution in [-0.4, -0.2) is 19.8 Å². The van der Waals surface area contributed by atoms with Crippen molar-refractivity contribution in [2.24, 2.45) is 0 Å². The molecule has 1 heterocycles. The molecule has 0 saturated carbocycles. The molecule has 0 aromatic heterocycles. The highest BCUT2D eigenvalue weighted by Crippen LogP contribution is 2.27. The summed E-state index contributed by atoms with van der Waals surface area (Å²) in [7, 11) is 1.64. The number of ether oxygens (including phenoxy) is 1. The largest absolute Gasteiger partial charge is 0.497 e. The molecule has 0 radical (unpaired) electrons. The van der Waals surface area contributed by atoms with Crippen LogP contribution < -0.4 is 10.1 Å². The fourth-order valence-electron chi connectivity index (χ4n) is 1.80. The number of rotatable bonds is 2. The first-order valence-electron chi connectivity index (χ1n) is 4.81. The third kappa shape index (κ3) is 2.83. The minimum absolute atomic E-state index is 0. The Morgan fingerprint density at radius 3 is 2.87 bits per heavy atom. The van der Waals surface area contributed by atoms with Crippen molar-refractivity contribution in [3.63, 3.8) is 0 Å². The molecule has 0 bridgehead atoms. The number of nitrogens with one attached hydrogen (secondary N) is 1. The molecule has 1 fully saturated rings. The van der Waals surface area contributed by atoms with Crippen LogP contribution in [0.3, 0.4) is 0 Å². The number of alkyl halides is 1. The van der Waals surface area contributed by atoms with Gasteiger partial charge in [-0.2, -0.15) is 0 Å². The van der Waals surface area contributed by atoms with Crippen LogP contribution in [-0.2, 0) is 0 Å². The van der Waals surface area contributed by atoms with Gasteiger partial charge >= 0.3 is 0 Å². The number of hydrogen-bond acceptors (Lipinski definition) is 2. The third-order valence-electron chi connectivity index (χ3n) is 2.57. The highest BCUT2D eigenvalue weighted by molar-refractivity contribution is 5.85. The molecule has 1 aromatic rings. The topological polar surface area (TPSA) is 21.3 Å². The Morgan fingerprint density at radius 2 is 2.27 bits per heavy atom. The van der Waals surface area contributed by atoms with E-state index >= 15 is 0 Å². The average Bonchev–Trinajstić information content (AvgIpc) is 2.65. The summed E-state index contributed by atoms with van der Waals surface area (Å²) in [5.74, 6) is 0.826. The van der Waals surface area contributed by atoms with Gasteiger partial charge in [0, 0.05) is 12.6 Å². The van der Waals surface area contributed by atoms with Crippen molar-refractivity contribution in [1.29, 1.82) is 0 Å². The van der Waals surface area contributed by atoms with Crippen molar-refractivity contribution in [3.05, 3.63) is 29.8 Å². The van der Waals surface area contributed by atoms with Crippen LogP contribution >= 0.6 is 12.4 Å². The van der Waals surface area contributed by atoms with E-state index in [2.05, 4.69) is 5.32 Å². The van der Waals surface area contributed by atoms with Gasteiger partial charge in [-0.25, -0.2) is 4.39 Å². The lowest BCUT2D eigenvalue weighted by molar-refractivity contribution is 0.355. The van der Waals surface area contributed by atoms with Gasteiger partial charge in [-0.05, 0) is 24.1 Å². The Hall–Kier alpha value is -0.800. The first-order valence-corrected chi connectivity index (χ1v) is 4.81. The lowest BCUT2D eigenvalue weighted by Crippen LogP contribution is -2.13. The fourth-order valence-corrected chi connectivity index (χ4v) is 1.80. The molecule has 2 atom stereocenters. The molecular weight excluding hydrogens is 217 g/mol. The second-order valence-electron chi connectivity index (χ2n) is 3.57. The Bertz CT molecular complexity index is 321. The molecule has 0 spiro atoms. The van der Waals surface area contributed by atoms with Gasteiger partial charge in [0.1, 0.15) is 11.9 Å². The van der Waals surface area contributed by atoms with Gasteiger partial charge in [0.2, 0.25) is 0 Å². The van der Waals surface area contributed by atoms with E-state index in [1.165, 1.54) is 0 Å². The highest BCUT2D eigenvalue weighted by Gasteiger charge is 2.24. The highest BCUT2D eigenvalue weighted by atomic mass is 35.5. The SMILES string of the molecule is COc1cccc(C2CC(F)CN2)c1.Cl. The second kappa shape index (κ2) is 5.33. The number of hydrogen-bond donors (Lipinski definition) is 1. The number of benzene rings is 1. The zero-order chi connectivity index (χ0) is 9.97. The summed E-state index contributed by atoms with van der Waals surface area (Å²) in [6.45, 7) is 0.460. The minimum Gasteiger partial charge on any atom is -0.497 e. The summed E-state index contributed by atoms with van der Waals surface area (Å²) in [5.41, 5.74) is 1.10. The molecule has 0 amide bonds. The maximum atomic E-state index is 12.9. The summed E-state index contributed by atoms with van der Waals surface area (Å²) in [6, 6.07) is 7.92. The van der Waals surface area contributed by atoms with Gasteiger partial charge in [0.25, 0.3) is 0 Å². The molecular formula is C11H15ClFNO. The quantitative estimate of drug-likeness (QED) is 0.845. The van der Waals surface area contributed by atoms with Crippen molar-refractivity contribution in [3.8, 4) is 5.75 Å². The molecule has 84 valence electrons. The van der Waals surface area contributed by atoms with Gasteiger partial charge in [-0.3, -0.25) is 0 Å². The van der Waals surface area contributed by atoms with E-state index in [9.17, 15) is 4.39 Å². The van der Waals surface area contributed by atoms with Crippen LogP contribution in [0, 0.1) is 0 Å². The molecule has 1 aliphatic heterocycles. The maximum absolute atomic E-state index is 12.9. The van der Waals surface area contributed by atoms with E-state index < -0.39 is 6.17 Å². The van der Waals surface area contributed by atoms with Crippen LogP contribution in [0.5, 0.6) is 5.75 Å². The van der Waals surface area contributed by atoms with Crippen molar-refractivity contribution in [2.45, 2.75) is 18.6 Å². The predicted octanol–water partition coefficient (Wildman–Crippen LogP) is 2.49. The van der Waals surface area contributed by atoms with Crippen LogP contribution in [0.25, 0.3) is 0 Å². The van der Waals surface area contributed by atoms with E-state index in [4.69, 9.17) is 4.74 Å². The van der Waals surface area contributed by atoms with E-state index in [1.807, 2.05) is 24.3 Å². The summed E-state index contributed by atoms with van der Waals surface area (Å²) in [6.07, 6.45) is -0.154. The molecule has 0 aliphatic carbocycles. The van der Waals surface area contributed by atoms with Gasteiger partial charge in [-0.1, -0.05) is 12.1 Å². The monoisotopic (exact) mass is 231 g/mol. The molecule has 1 aliphatic rings. The molecule has 1 saturated heterocycles. The van der Waals surface area contributed by atoms with Crippen LogP contribution in [0.2, 0.25) is 0 Å². The normalized spacial score (nSPS) is 24.7. The maximum Gasteiger partial charge on any atom is 0.119 e. The van der Waals surface area contributed by atoms with Crippen LogP contribution in [0.1, 0.15) is 18.0 Å². The van der Waals surface area contributed by atoms with Crippen LogP contribution in [0.4, 0.5) is 4.39 Å². The molecule has 15 heavy (non-hydrogen) atoms. The third-order valence-corrected chi connectivity index (χ3v) is 2.57. The summed E-state index contributed by atoms with van der Waals surface area (Å²) >= 11 is 0. The van der Waals surface area contributed by atoms with E-state index in [0.29, 0.717) is 13.0 Å². The number of halogens is 2. The van der Waals surface area contributed by atoms with Gasteiger partial charge in [0.05, 0.1) is 7.11 Å². The summed E-state index contributed by atoms with van der Waals surface area (Å²) < 4.78 is 18.1. The lowest BCUT2D eigenvalue weighted by atomic mass is 10.0. The predicted molar refractivity (Wildman–Crippen MR) is 60.5 cm³/mol.